The van der Waals surface area contributed by atoms with Crippen molar-refractivity contribution in [2.45, 2.75) is 44.6 Å². The summed E-state index contributed by atoms with van der Waals surface area (Å²) < 4.78 is 5.08. The monoisotopic (exact) mass is 377 g/mol. The highest BCUT2D eigenvalue weighted by atomic mass is 35.5. The Balaban J connectivity index is 1.41. The molecule has 0 saturated carbocycles. The molecule has 1 N–H and O–H groups in total. The highest BCUT2D eigenvalue weighted by Crippen LogP contribution is 2.42. The number of nitrogens with one attached hydrogen (secondary N) is 1. The van der Waals surface area contributed by atoms with E-state index in [0.29, 0.717) is 23.8 Å². The van der Waals surface area contributed by atoms with E-state index >= 15 is 0 Å². The molecule has 2 aliphatic rings. The van der Waals surface area contributed by atoms with Crippen molar-refractivity contribution in [2.24, 2.45) is 0 Å². The normalized spacial score (nSPS) is 19.7. The molecule has 2 aromatic rings. The lowest BCUT2D eigenvalue weighted by atomic mass is 9.78. The molecule has 8 heteroatoms. The van der Waals surface area contributed by atoms with Crippen LogP contribution in [0.2, 0.25) is 5.15 Å². The first-order valence-corrected chi connectivity index (χ1v) is 9.67. The molecule has 1 amide bonds. The van der Waals surface area contributed by atoms with Gasteiger partial charge in [0.15, 0.2) is 5.15 Å². The zero-order chi connectivity index (χ0) is 18.1. The number of amides is 1. The molecule has 0 atom stereocenters. The summed E-state index contributed by atoms with van der Waals surface area (Å²) >= 11 is 5.75. The average Bonchev–Trinajstić information content (AvgIpc) is 3.30. The molecule has 26 heavy (non-hydrogen) atoms. The standard InChI is InChI=1S/C18H24ClN5O2/c1-2-24-8-5-14-17(21-12-20-14)18(24)6-9-23(10-7-18)16(25)4-3-13-11-15(19)22-26-13/h11-12H,2-10H2,1H3,(H,20,21). The molecular weight excluding hydrogens is 354 g/mol. The molecular formula is C18H24ClN5O2. The zero-order valence-electron chi connectivity index (χ0n) is 15.0. The maximum atomic E-state index is 12.6. The van der Waals surface area contributed by atoms with Crippen LogP contribution < -0.4 is 0 Å². The van der Waals surface area contributed by atoms with Crippen molar-refractivity contribution in [3.05, 3.63) is 34.7 Å². The van der Waals surface area contributed by atoms with Gasteiger partial charge in [-0.1, -0.05) is 23.7 Å². The van der Waals surface area contributed by atoms with Crippen molar-refractivity contribution < 1.29 is 9.32 Å². The van der Waals surface area contributed by atoms with Crippen molar-refractivity contribution in [1.29, 1.82) is 0 Å². The summed E-state index contributed by atoms with van der Waals surface area (Å²) in [6.45, 7) is 5.79. The molecule has 7 nitrogen and oxygen atoms in total. The minimum absolute atomic E-state index is 0.0302. The smallest absolute Gasteiger partial charge is 0.223 e. The van der Waals surface area contributed by atoms with Crippen molar-refractivity contribution >= 4 is 17.5 Å². The van der Waals surface area contributed by atoms with Crippen LogP contribution in [0.3, 0.4) is 0 Å². The first kappa shape index (κ1) is 17.5. The molecule has 4 heterocycles. The van der Waals surface area contributed by atoms with Crippen LogP contribution in [0, 0.1) is 0 Å². The Hall–Kier alpha value is -1.86. The molecule has 140 valence electrons. The van der Waals surface area contributed by atoms with Gasteiger partial charge in [0.1, 0.15) is 5.76 Å². The molecule has 0 aromatic carbocycles. The van der Waals surface area contributed by atoms with Crippen molar-refractivity contribution in [1.82, 2.24) is 24.9 Å². The molecule has 0 unspecified atom stereocenters. The van der Waals surface area contributed by atoms with Gasteiger partial charge < -0.3 is 14.4 Å². The molecule has 0 aliphatic carbocycles. The van der Waals surface area contributed by atoms with E-state index in [4.69, 9.17) is 16.1 Å². The number of likely N-dealkylation sites (tertiary alicyclic amines) is 1. The minimum atomic E-state index is -0.0302. The molecule has 0 bridgehead atoms. The second-order valence-electron chi connectivity index (χ2n) is 7.09. The molecule has 1 spiro atoms. The number of likely N-dealkylation sites (N-methyl/N-ethyl adjacent to an activating group) is 1. The van der Waals surface area contributed by atoms with Gasteiger partial charge in [-0.2, -0.15) is 0 Å². The van der Waals surface area contributed by atoms with Gasteiger partial charge in [-0.05, 0) is 19.4 Å². The van der Waals surface area contributed by atoms with E-state index < -0.39 is 0 Å². The number of halogens is 1. The number of H-pyrrole nitrogens is 1. The number of imidazole rings is 1. The van der Waals surface area contributed by atoms with Crippen LogP contribution in [0.15, 0.2) is 16.9 Å². The van der Waals surface area contributed by atoms with E-state index in [1.54, 1.807) is 6.07 Å². The highest BCUT2D eigenvalue weighted by molar-refractivity contribution is 6.29. The summed E-state index contributed by atoms with van der Waals surface area (Å²) in [4.78, 5) is 25.0. The fraction of sp³-hybridized carbons (Fsp3) is 0.611. The number of aromatic nitrogens is 3. The van der Waals surface area contributed by atoms with Gasteiger partial charge in [0, 0.05) is 50.7 Å². The fourth-order valence-electron chi connectivity index (χ4n) is 4.46. The summed E-state index contributed by atoms with van der Waals surface area (Å²) in [5, 5.41) is 3.98. The Morgan fingerprint density at radius 1 is 1.38 bits per heavy atom. The number of rotatable bonds is 4. The molecule has 2 aliphatic heterocycles. The highest BCUT2D eigenvalue weighted by Gasteiger charge is 2.46. The maximum Gasteiger partial charge on any atom is 0.223 e. The second-order valence-corrected chi connectivity index (χ2v) is 7.47. The lowest BCUT2D eigenvalue weighted by Gasteiger charge is -2.50. The van der Waals surface area contributed by atoms with E-state index in [-0.39, 0.29) is 11.4 Å². The summed E-state index contributed by atoms with van der Waals surface area (Å²) in [6.07, 6.45) is 5.64. The minimum Gasteiger partial charge on any atom is -0.360 e. The number of carbonyl (C=O) groups excluding carboxylic acids is 1. The average molecular weight is 378 g/mol. The first-order chi connectivity index (χ1) is 12.6. The van der Waals surface area contributed by atoms with Gasteiger partial charge in [0.05, 0.1) is 17.6 Å². The molecule has 2 aromatic heterocycles. The number of piperidine rings is 1. The Labute approximate surface area is 157 Å². The van der Waals surface area contributed by atoms with Crippen molar-refractivity contribution in [3.63, 3.8) is 0 Å². The van der Waals surface area contributed by atoms with Gasteiger partial charge in [0.25, 0.3) is 0 Å². The summed E-state index contributed by atoms with van der Waals surface area (Å²) in [5.41, 5.74) is 2.42. The van der Waals surface area contributed by atoms with Gasteiger partial charge in [-0.25, -0.2) is 4.98 Å². The van der Waals surface area contributed by atoms with Gasteiger partial charge >= 0.3 is 0 Å². The predicted octanol–water partition coefficient (Wildman–Crippen LogP) is 2.38. The molecule has 0 radical (unpaired) electrons. The third kappa shape index (κ3) is 3.03. The Bertz CT molecular complexity index is 778. The number of carbonyl (C=O) groups is 1. The Morgan fingerprint density at radius 2 is 2.19 bits per heavy atom. The molecule has 4 rings (SSSR count). The number of aromatic amines is 1. The van der Waals surface area contributed by atoms with Crippen molar-refractivity contribution in [3.8, 4) is 0 Å². The van der Waals surface area contributed by atoms with Crippen LogP contribution in [0.5, 0.6) is 0 Å². The number of aryl methyl sites for hydroxylation is 1. The lowest BCUT2D eigenvalue weighted by Crippen LogP contribution is -2.57. The van der Waals surface area contributed by atoms with Crippen molar-refractivity contribution in [2.75, 3.05) is 26.2 Å². The van der Waals surface area contributed by atoms with E-state index in [0.717, 1.165) is 45.4 Å². The fourth-order valence-corrected chi connectivity index (χ4v) is 4.61. The summed E-state index contributed by atoms with van der Waals surface area (Å²) in [6, 6.07) is 1.67. The number of nitrogens with zero attached hydrogens (tertiary/aromatic N) is 4. The topological polar surface area (TPSA) is 78.3 Å². The van der Waals surface area contributed by atoms with Crippen LogP contribution in [-0.4, -0.2) is 57.0 Å². The molecule has 1 saturated heterocycles. The van der Waals surface area contributed by atoms with Gasteiger partial charge in [-0.15, -0.1) is 0 Å². The van der Waals surface area contributed by atoms with E-state index in [1.165, 1.54) is 11.4 Å². The molecule has 1 fully saturated rings. The van der Waals surface area contributed by atoms with Crippen LogP contribution >= 0.6 is 11.6 Å². The SMILES string of the molecule is CCN1CCc2[nH]cnc2C12CCN(C(=O)CCc1cc(Cl)no1)CC2. The van der Waals surface area contributed by atoms with E-state index in [9.17, 15) is 4.79 Å². The largest absolute Gasteiger partial charge is 0.360 e. The summed E-state index contributed by atoms with van der Waals surface area (Å²) in [7, 11) is 0. The maximum absolute atomic E-state index is 12.6. The first-order valence-electron chi connectivity index (χ1n) is 9.29. The number of hydrogen-bond acceptors (Lipinski definition) is 5. The lowest BCUT2D eigenvalue weighted by molar-refractivity contribution is -0.134. The van der Waals surface area contributed by atoms with E-state index in [2.05, 4.69) is 26.9 Å². The predicted molar refractivity (Wildman–Crippen MR) is 96.9 cm³/mol. The van der Waals surface area contributed by atoms with Gasteiger partial charge in [-0.3, -0.25) is 9.69 Å². The van der Waals surface area contributed by atoms with Crippen LogP contribution in [0.1, 0.15) is 43.3 Å². The third-order valence-electron chi connectivity index (χ3n) is 5.84. The third-order valence-corrected chi connectivity index (χ3v) is 6.01. The van der Waals surface area contributed by atoms with Crippen LogP contribution in [0.4, 0.5) is 0 Å². The Morgan fingerprint density at radius 3 is 2.88 bits per heavy atom. The number of hydrogen-bond donors (Lipinski definition) is 1. The van der Waals surface area contributed by atoms with Gasteiger partial charge in [0.2, 0.25) is 5.91 Å². The second kappa shape index (κ2) is 7.04. The van der Waals surface area contributed by atoms with Crippen LogP contribution in [0.25, 0.3) is 0 Å². The number of fused-ring (bicyclic) bond motifs is 2. The zero-order valence-corrected chi connectivity index (χ0v) is 15.8. The Kier molecular flexibility index (Phi) is 4.75. The summed E-state index contributed by atoms with van der Waals surface area (Å²) in [5.74, 6) is 0.816. The van der Waals surface area contributed by atoms with E-state index in [1.807, 2.05) is 11.2 Å². The van der Waals surface area contributed by atoms with Crippen LogP contribution in [-0.2, 0) is 23.2 Å². The quantitative estimate of drug-likeness (QED) is 0.885.